The van der Waals surface area contributed by atoms with Crippen LogP contribution >= 0.6 is 11.6 Å². The molecule has 0 radical (unpaired) electrons. The lowest BCUT2D eigenvalue weighted by Crippen LogP contribution is -1.90. The molecule has 0 aliphatic carbocycles. The van der Waals surface area contributed by atoms with Gasteiger partial charge in [0.15, 0.2) is 5.82 Å². The lowest BCUT2D eigenvalue weighted by molar-refractivity contribution is 0.590. The van der Waals surface area contributed by atoms with Gasteiger partial charge in [0.05, 0.1) is 5.02 Å². The van der Waals surface area contributed by atoms with Crippen molar-refractivity contribution in [2.24, 2.45) is 0 Å². The van der Waals surface area contributed by atoms with Gasteiger partial charge in [0.25, 0.3) is 0 Å². The van der Waals surface area contributed by atoms with Crippen molar-refractivity contribution in [1.29, 1.82) is 0 Å². The Kier molecular flexibility index (Phi) is 2.11. The van der Waals surface area contributed by atoms with E-state index in [-0.39, 0.29) is 5.52 Å². The van der Waals surface area contributed by atoms with E-state index in [1.807, 2.05) is 0 Å². The second kappa shape index (κ2) is 3.17. The van der Waals surface area contributed by atoms with E-state index in [4.69, 9.17) is 11.6 Å². The molecule has 4 heteroatoms. The number of nitrogens with zero attached hydrogens (tertiary/aromatic N) is 1. The molecule has 0 atom stereocenters. The summed E-state index contributed by atoms with van der Waals surface area (Å²) in [6.45, 7) is 1.70. The minimum Gasteiger partial charge on any atom is -0.250 e. The third-order valence-electron chi connectivity index (χ3n) is 1.91. The third-order valence-corrected chi connectivity index (χ3v) is 2.22. The molecule has 0 spiro atoms. The van der Waals surface area contributed by atoms with Gasteiger partial charge in [-0.25, -0.2) is 13.8 Å². The average Bonchev–Trinajstić information content (AvgIpc) is 2.07. The van der Waals surface area contributed by atoms with Crippen LogP contribution in [0.15, 0.2) is 18.2 Å². The van der Waals surface area contributed by atoms with Crippen LogP contribution in [0.25, 0.3) is 10.9 Å². The lowest BCUT2D eigenvalue weighted by Gasteiger charge is -2.03. The Hall–Kier alpha value is -1.22. The van der Waals surface area contributed by atoms with Crippen LogP contribution in [-0.4, -0.2) is 4.98 Å². The Morgan fingerprint density at radius 2 is 1.93 bits per heavy atom. The molecule has 0 N–H and O–H groups in total. The zero-order valence-corrected chi connectivity index (χ0v) is 8.07. The van der Waals surface area contributed by atoms with Crippen molar-refractivity contribution in [2.75, 3.05) is 0 Å². The van der Waals surface area contributed by atoms with Gasteiger partial charge in [0, 0.05) is 17.1 Å². The summed E-state index contributed by atoms with van der Waals surface area (Å²) in [4.78, 5) is 3.95. The van der Waals surface area contributed by atoms with Gasteiger partial charge in [0.2, 0.25) is 0 Å². The maximum Gasteiger partial charge on any atom is 0.152 e. The summed E-state index contributed by atoms with van der Waals surface area (Å²) in [7, 11) is 0. The van der Waals surface area contributed by atoms with Crippen LogP contribution in [0.5, 0.6) is 0 Å². The Morgan fingerprint density at radius 1 is 1.21 bits per heavy atom. The molecule has 0 saturated heterocycles. The first-order valence-electron chi connectivity index (χ1n) is 4.00. The minimum absolute atomic E-state index is 0.108. The molecule has 0 unspecified atom stereocenters. The standard InChI is InChI=1S/C10H6ClF2N/c1-5-2-8(11)7-3-6(12)4-9(13)10(7)14-5/h2-4H,1H3. The second-order valence-electron chi connectivity index (χ2n) is 3.03. The molecule has 72 valence electrons. The smallest absolute Gasteiger partial charge is 0.152 e. The number of pyridine rings is 1. The van der Waals surface area contributed by atoms with Gasteiger partial charge in [-0.05, 0) is 19.1 Å². The minimum atomic E-state index is -0.689. The lowest BCUT2D eigenvalue weighted by atomic mass is 10.2. The summed E-state index contributed by atoms with van der Waals surface area (Å²) in [5.74, 6) is -1.34. The van der Waals surface area contributed by atoms with Gasteiger partial charge in [-0.2, -0.15) is 0 Å². The fraction of sp³-hybridized carbons (Fsp3) is 0.100. The number of aryl methyl sites for hydroxylation is 1. The number of rotatable bonds is 0. The molecule has 1 heterocycles. The van der Waals surface area contributed by atoms with Gasteiger partial charge < -0.3 is 0 Å². The monoisotopic (exact) mass is 213 g/mol. The molecule has 1 aromatic carbocycles. The molecule has 0 saturated carbocycles. The second-order valence-corrected chi connectivity index (χ2v) is 3.44. The van der Waals surface area contributed by atoms with Crippen LogP contribution in [-0.2, 0) is 0 Å². The Bertz CT molecular complexity index is 464. The zero-order valence-electron chi connectivity index (χ0n) is 7.31. The molecule has 1 nitrogen and oxygen atoms in total. The summed E-state index contributed by atoms with van der Waals surface area (Å²) in [6.07, 6.45) is 0. The van der Waals surface area contributed by atoms with E-state index in [0.29, 0.717) is 16.1 Å². The molecule has 14 heavy (non-hydrogen) atoms. The van der Waals surface area contributed by atoms with E-state index in [1.165, 1.54) is 6.07 Å². The van der Waals surface area contributed by atoms with Gasteiger partial charge in [-0.3, -0.25) is 0 Å². The van der Waals surface area contributed by atoms with E-state index in [1.54, 1.807) is 13.0 Å². The SMILES string of the molecule is Cc1cc(Cl)c2cc(F)cc(F)c2n1. The van der Waals surface area contributed by atoms with Crippen molar-refractivity contribution in [1.82, 2.24) is 4.98 Å². The molecule has 2 rings (SSSR count). The third kappa shape index (κ3) is 1.44. The van der Waals surface area contributed by atoms with Gasteiger partial charge >= 0.3 is 0 Å². The fourth-order valence-corrected chi connectivity index (χ4v) is 1.63. The number of halogens is 3. The van der Waals surface area contributed by atoms with Crippen LogP contribution in [0.4, 0.5) is 8.78 Å². The van der Waals surface area contributed by atoms with Crippen LogP contribution in [0.2, 0.25) is 5.02 Å². The topological polar surface area (TPSA) is 12.9 Å². The highest BCUT2D eigenvalue weighted by Crippen LogP contribution is 2.25. The van der Waals surface area contributed by atoms with Crippen LogP contribution in [0.1, 0.15) is 5.69 Å². The van der Waals surface area contributed by atoms with Crippen LogP contribution < -0.4 is 0 Å². The van der Waals surface area contributed by atoms with Crippen molar-refractivity contribution in [2.45, 2.75) is 6.92 Å². The van der Waals surface area contributed by atoms with Gasteiger partial charge in [0.1, 0.15) is 11.3 Å². The molecule has 0 aliphatic rings. The number of aromatic nitrogens is 1. The number of hydrogen-bond acceptors (Lipinski definition) is 1. The molecule has 0 amide bonds. The van der Waals surface area contributed by atoms with Gasteiger partial charge in [-0.1, -0.05) is 11.6 Å². The summed E-state index contributed by atoms with van der Waals surface area (Å²) in [5, 5.41) is 0.612. The van der Waals surface area contributed by atoms with E-state index in [2.05, 4.69) is 4.98 Å². The normalized spacial score (nSPS) is 10.9. The first-order valence-corrected chi connectivity index (χ1v) is 4.37. The molecule has 1 aromatic heterocycles. The highest BCUT2D eigenvalue weighted by Gasteiger charge is 2.08. The van der Waals surface area contributed by atoms with Crippen LogP contribution in [0, 0.1) is 18.6 Å². The maximum absolute atomic E-state index is 13.2. The maximum atomic E-state index is 13.2. The number of fused-ring (bicyclic) bond motifs is 1. The summed E-state index contributed by atoms with van der Waals surface area (Å²) < 4.78 is 26.1. The van der Waals surface area contributed by atoms with E-state index < -0.39 is 11.6 Å². The summed E-state index contributed by atoms with van der Waals surface area (Å²) in [6, 6.07) is 3.54. The molecule has 0 fully saturated rings. The largest absolute Gasteiger partial charge is 0.250 e. The highest BCUT2D eigenvalue weighted by atomic mass is 35.5. The molecular formula is C10H6ClF2N. The summed E-state index contributed by atoms with van der Waals surface area (Å²) >= 11 is 5.83. The predicted molar refractivity (Wildman–Crippen MR) is 51.4 cm³/mol. The molecule has 0 bridgehead atoms. The molecule has 0 aliphatic heterocycles. The molecule has 2 aromatic rings. The number of hydrogen-bond donors (Lipinski definition) is 0. The Balaban J connectivity index is 2.94. The van der Waals surface area contributed by atoms with Crippen molar-refractivity contribution in [3.63, 3.8) is 0 Å². The van der Waals surface area contributed by atoms with Crippen molar-refractivity contribution in [3.05, 3.63) is 40.6 Å². The highest BCUT2D eigenvalue weighted by molar-refractivity contribution is 6.35. The average molecular weight is 214 g/mol. The Labute approximate surface area is 84.3 Å². The Morgan fingerprint density at radius 3 is 2.64 bits per heavy atom. The summed E-state index contributed by atoms with van der Waals surface area (Å²) in [5.41, 5.74) is 0.712. The molecular weight excluding hydrogens is 208 g/mol. The van der Waals surface area contributed by atoms with E-state index in [9.17, 15) is 8.78 Å². The first-order chi connectivity index (χ1) is 6.58. The quantitative estimate of drug-likeness (QED) is 0.653. The predicted octanol–water partition coefficient (Wildman–Crippen LogP) is 3.47. The fourth-order valence-electron chi connectivity index (χ4n) is 1.33. The zero-order chi connectivity index (χ0) is 10.3. The van der Waals surface area contributed by atoms with Crippen LogP contribution in [0.3, 0.4) is 0 Å². The van der Waals surface area contributed by atoms with Crippen molar-refractivity contribution < 1.29 is 8.78 Å². The van der Waals surface area contributed by atoms with Crippen molar-refractivity contribution >= 4 is 22.5 Å². The van der Waals surface area contributed by atoms with Crippen molar-refractivity contribution in [3.8, 4) is 0 Å². The van der Waals surface area contributed by atoms with E-state index in [0.717, 1.165) is 6.07 Å². The number of benzene rings is 1. The van der Waals surface area contributed by atoms with Gasteiger partial charge in [-0.15, -0.1) is 0 Å². The van der Waals surface area contributed by atoms with E-state index >= 15 is 0 Å². The first kappa shape index (κ1) is 9.34.